The number of benzene rings is 3. The molecule has 3 heterocycles. The van der Waals surface area contributed by atoms with Crippen molar-refractivity contribution in [1.82, 2.24) is 19.5 Å². The van der Waals surface area contributed by atoms with Crippen LogP contribution in [-0.4, -0.2) is 39.1 Å². The number of ether oxygens (including phenoxy) is 1. The van der Waals surface area contributed by atoms with E-state index in [0.29, 0.717) is 30.8 Å². The van der Waals surface area contributed by atoms with E-state index in [1.165, 1.54) is 0 Å². The summed E-state index contributed by atoms with van der Waals surface area (Å²) >= 11 is 0. The van der Waals surface area contributed by atoms with Crippen molar-refractivity contribution in [2.45, 2.75) is 32.2 Å². The summed E-state index contributed by atoms with van der Waals surface area (Å²) in [5.74, 6) is 0.909. The largest absolute Gasteiger partial charge is 0.384 e. The average Bonchev–Trinajstić information content (AvgIpc) is 3.37. The number of aromatic nitrogens is 4. The fraction of sp³-hybridized carbons (Fsp3) is 0.212. The van der Waals surface area contributed by atoms with Crippen LogP contribution < -0.4 is 11.5 Å². The predicted octanol–water partition coefficient (Wildman–Crippen LogP) is 5.69. The van der Waals surface area contributed by atoms with Gasteiger partial charge >= 0.3 is 0 Å². The van der Waals surface area contributed by atoms with Crippen LogP contribution in [-0.2, 0) is 24.1 Å². The molecule has 6 rings (SSSR count). The normalized spacial score (nSPS) is 11.5. The first-order chi connectivity index (χ1) is 20.1. The Kier molecular flexibility index (Phi) is 7.31. The maximum atomic E-state index is 12.8. The van der Waals surface area contributed by atoms with Gasteiger partial charge in [0.2, 0.25) is 5.91 Å². The lowest BCUT2D eigenvalue weighted by molar-refractivity contribution is 0.100. The average molecular weight is 545 g/mol. The van der Waals surface area contributed by atoms with Crippen molar-refractivity contribution in [3.8, 4) is 11.3 Å². The number of nitrogens with two attached hydrogens (primary N) is 2. The molecule has 0 bridgehead atoms. The molecule has 0 radical (unpaired) electrons. The lowest BCUT2D eigenvalue weighted by Gasteiger charge is -2.16. The smallest absolute Gasteiger partial charge is 0.249 e. The second kappa shape index (κ2) is 11.3. The summed E-state index contributed by atoms with van der Waals surface area (Å²) in [6.07, 6.45) is 2.99. The number of fused-ring (bicyclic) bond motifs is 4. The Labute approximate surface area is 238 Å². The highest BCUT2D eigenvalue weighted by molar-refractivity contribution is 6.08. The molecule has 8 heteroatoms. The number of methoxy groups -OCH3 is 1. The maximum absolute atomic E-state index is 12.8. The highest BCUT2D eigenvalue weighted by atomic mass is 16.5. The molecule has 0 fully saturated rings. The molecule has 0 aliphatic heterocycles. The number of aryl methyl sites for hydroxylation is 1. The minimum absolute atomic E-state index is 0.428. The lowest BCUT2D eigenvalue weighted by atomic mass is 9.93. The van der Waals surface area contributed by atoms with Gasteiger partial charge in [-0.2, -0.15) is 0 Å². The zero-order valence-corrected chi connectivity index (χ0v) is 23.0. The fourth-order valence-electron chi connectivity index (χ4n) is 5.71. The topological polar surface area (TPSA) is 122 Å². The summed E-state index contributed by atoms with van der Waals surface area (Å²) in [6.45, 7) is 1.29. The molecule has 206 valence electrons. The Bertz CT molecular complexity index is 1880. The van der Waals surface area contributed by atoms with E-state index in [1.807, 2.05) is 72.8 Å². The molecule has 6 aromatic rings. The van der Waals surface area contributed by atoms with Gasteiger partial charge < -0.3 is 20.8 Å². The Balaban J connectivity index is 1.36. The highest BCUT2D eigenvalue weighted by Gasteiger charge is 2.21. The SMILES string of the molecule is COCCc1nc2c(N)nc3ccccc3c2n1CCCCc1c(-c2ccccc2)nc2ccccc2c1C(N)=O. The van der Waals surface area contributed by atoms with E-state index >= 15 is 0 Å². The molecule has 0 spiro atoms. The standard InChI is InChI=1S/C33H32N6O2/c1-41-20-18-27-38-30-31(23-14-6-8-17-26(23)37-32(30)34)39(27)19-10-9-15-24-28(33(35)40)22-13-5-7-16-25(22)36-29(24)21-11-3-2-4-12-21/h2-8,11-14,16-17H,9-10,15,18-20H2,1H3,(H2,34,37)(H2,35,40). The van der Waals surface area contributed by atoms with Gasteiger partial charge in [-0.1, -0.05) is 66.7 Å². The molecule has 8 nitrogen and oxygen atoms in total. The first-order valence-electron chi connectivity index (χ1n) is 13.9. The molecule has 0 unspecified atom stereocenters. The van der Waals surface area contributed by atoms with E-state index in [9.17, 15) is 4.79 Å². The summed E-state index contributed by atoms with van der Waals surface area (Å²) in [6, 6.07) is 25.7. The van der Waals surface area contributed by atoms with Crippen LogP contribution in [0.15, 0.2) is 78.9 Å². The van der Waals surface area contributed by atoms with Gasteiger partial charge in [-0.25, -0.2) is 15.0 Å². The number of hydrogen-bond donors (Lipinski definition) is 2. The van der Waals surface area contributed by atoms with Crippen molar-refractivity contribution in [3.63, 3.8) is 0 Å². The Morgan fingerprint density at radius 2 is 1.51 bits per heavy atom. The minimum Gasteiger partial charge on any atom is -0.384 e. The van der Waals surface area contributed by atoms with Gasteiger partial charge in [0, 0.05) is 36.4 Å². The van der Waals surface area contributed by atoms with Crippen LogP contribution in [0.25, 0.3) is 44.1 Å². The van der Waals surface area contributed by atoms with Crippen molar-refractivity contribution in [3.05, 3.63) is 95.8 Å². The lowest BCUT2D eigenvalue weighted by Crippen LogP contribution is -2.16. The zero-order chi connectivity index (χ0) is 28.3. The van der Waals surface area contributed by atoms with Crippen LogP contribution >= 0.6 is 0 Å². The van der Waals surface area contributed by atoms with E-state index in [1.54, 1.807) is 7.11 Å². The van der Waals surface area contributed by atoms with Crippen LogP contribution in [0, 0.1) is 0 Å². The number of carbonyl (C=O) groups is 1. The highest BCUT2D eigenvalue weighted by Crippen LogP contribution is 2.32. The molecular weight excluding hydrogens is 512 g/mol. The summed E-state index contributed by atoms with van der Waals surface area (Å²) in [7, 11) is 1.69. The number of imidazole rings is 1. The fourth-order valence-corrected chi connectivity index (χ4v) is 5.71. The number of amides is 1. The van der Waals surface area contributed by atoms with E-state index in [4.69, 9.17) is 26.2 Å². The zero-order valence-electron chi connectivity index (χ0n) is 23.0. The number of carbonyl (C=O) groups excluding carboxylic acids is 1. The number of para-hydroxylation sites is 2. The van der Waals surface area contributed by atoms with E-state index in [2.05, 4.69) is 15.6 Å². The van der Waals surface area contributed by atoms with Crippen LogP contribution in [0.2, 0.25) is 0 Å². The molecule has 0 aliphatic carbocycles. The molecule has 4 N–H and O–H groups in total. The van der Waals surface area contributed by atoms with E-state index in [0.717, 1.165) is 74.9 Å². The second-order valence-corrected chi connectivity index (χ2v) is 10.2. The third-order valence-corrected chi connectivity index (χ3v) is 7.56. The van der Waals surface area contributed by atoms with Crippen LogP contribution in [0.4, 0.5) is 5.82 Å². The third-order valence-electron chi connectivity index (χ3n) is 7.56. The summed E-state index contributed by atoms with van der Waals surface area (Å²) in [5.41, 5.74) is 18.9. The molecule has 0 saturated heterocycles. The Morgan fingerprint density at radius 3 is 2.24 bits per heavy atom. The van der Waals surface area contributed by atoms with Crippen LogP contribution in [0.3, 0.4) is 0 Å². The van der Waals surface area contributed by atoms with Gasteiger partial charge in [0.15, 0.2) is 5.82 Å². The number of rotatable bonds is 10. The van der Waals surface area contributed by atoms with Crippen molar-refractivity contribution in [2.24, 2.45) is 5.73 Å². The third kappa shape index (κ3) is 4.98. The number of unbranched alkanes of at least 4 members (excludes halogenated alkanes) is 1. The summed E-state index contributed by atoms with van der Waals surface area (Å²) in [4.78, 5) is 27.3. The van der Waals surface area contributed by atoms with Crippen molar-refractivity contribution in [2.75, 3.05) is 19.5 Å². The molecule has 41 heavy (non-hydrogen) atoms. The summed E-state index contributed by atoms with van der Waals surface area (Å²) in [5, 5.41) is 1.81. The van der Waals surface area contributed by atoms with Gasteiger partial charge in [0.25, 0.3) is 0 Å². The maximum Gasteiger partial charge on any atom is 0.249 e. The minimum atomic E-state index is -0.437. The van der Waals surface area contributed by atoms with Gasteiger partial charge in [0.05, 0.1) is 34.4 Å². The molecule has 3 aromatic carbocycles. The number of pyridine rings is 2. The molecule has 3 aromatic heterocycles. The molecule has 1 amide bonds. The Hall–Kier alpha value is -4.82. The summed E-state index contributed by atoms with van der Waals surface area (Å²) < 4.78 is 7.62. The van der Waals surface area contributed by atoms with Crippen molar-refractivity contribution in [1.29, 1.82) is 0 Å². The van der Waals surface area contributed by atoms with Gasteiger partial charge in [-0.05, 0) is 37.0 Å². The van der Waals surface area contributed by atoms with Gasteiger partial charge in [-0.15, -0.1) is 0 Å². The van der Waals surface area contributed by atoms with Crippen molar-refractivity contribution < 1.29 is 9.53 Å². The van der Waals surface area contributed by atoms with E-state index in [-0.39, 0.29) is 0 Å². The van der Waals surface area contributed by atoms with Crippen molar-refractivity contribution >= 4 is 44.6 Å². The van der Waals surface area contributed by atoms with Gasteiger partial charge in [0.1, 0.15) is 11.3 Å². The molecule has 0 aliphatic rings. The van der Waals surface area contributed by atoms with Crippen LogP contribution in [0.1, 0.15) is 34.6 Å². The number of anilines is 1. The Morgan fingerprint density at radius 1 is 0.829 bits per heavy atom. The molecular formula is C33H32N6O2. The quantitative estimate of drug-likeness (QED) is 0.214. The number of nitrogen functional groups attached to an aromatic ring is 1. The molecule has 0 atom stereocenters. The number of nitrogens with zero attached hydrogens (tertiary/aromatic N) is 4. The first kappa shape index (κ1) is 26.4. The van der Waals surface area contributed by atoms with Gasteiger partial charge in [-0.3, -0.25) is 4.79 Å². The first-order valence-corrected chi connectivity index (χ1v) is 13.9. The number of hydrogen-bond acceptors (Lipinski definition) is 6. The number of primary amides is 1. The van der Waals surface area contributed by atoms with E-state index < -0.39 is 5.91 Å². The predicted molar refractivity (Wildman–Crippen MR) is 164 cm³/mol. The monoisotopic (exact) mass is 544 g/mol. The van der Waals surface area contributed by atoms with Crippen LogP contribution in [0.5, 0.6) is 0 Å². The second-order valence-electron chi connectivity index (χ2n) is 10.2. The molecule has 0 saturated carbocycles.